The van der Waals surface area contributed by atoms with Crippen LogP contribution in [0.4, 0.5) is 0 Å². The fraction of sp³-hybridized carbons (Fsp3) is 0.903. The van der Waals surface area contributed by atoms with Crippen LogP contribution in [0.15, 0.2) is 0 Å². The molecule has 0 aromatic heterocycles. The van der Waals surface area contributed by atoms with Gasteiger partial charge in [-0.15, -0.1) is 0 Å². The molecule has 0 aliphatic heterocycles. The van der Waals surface area contributed by atoms with Crippen LogP contribution in [0.25, 0.3) is 0 Å². The summed E-state index contributed by atoms with van der Waals surface area (Å²) in [5, 5.41) is 8.81. The minimum Gasteiger partial charge on any atom is -0.480 e. The van der Waals surface area contributed by atoms with E-state index in [1.165, 1.54) is 70.6 Å². The monoisotopic (exact) mass is 637 g/mol. The Bertz CT molecular complexity index is 767. The van der Waals surface area contributed by atoms with Crippen molar-refractivity contribution in [1.29, 1.82) is 0 Å². The molecular formula is C31H60NO10P. The van der Waals surface area contributed by atoms with Crippen LogP contribution in [-0.4, -0.2) is 59.9 Å². The number of carbonyl (C=O) groups is 3. The van der Waals surface area contributed by atoms with Gasteiger partial charge in [0.2, 0.25) is 0 Å². The zero-order valence-corrected chi connectivity index (χ0v) is 27.7. The molecule has 12 heteroatoms. The summed E-state index contributed by atoms with van der Waals surface area (Å²) in [6.07, 6.45) is 20.5. The molecule has 11 nitrogen and oxygen atoms in total. The third-order valence-corrected chi connectivity index (χ3v) is 8.06. The number of esters is 2. The van der Waals surface area contributed by atoms with Gasteiger partial charge in [-0.3, -0.25) is 23.4 Å². The standard InChI is InChI=1S/C31H60NO10P/c1-3-5-7-9-11-13-15-17-19-21-23-30(34)42-27(25-40-43(37,38)41-26-28(32)31(35)36)24-39-29(33)22-20-18-16-14-12-10-8-6-4-2/h27-28H,3-26,32H2,1-2H3,(H,35,36)(H,37,38)/t27-,28+/m1/s1. The van der Waals surface area contributed by atoms with Crippen LogP contribution in [0, 0.1) is 0 Å². The average Bonchev–Trinajstić information content (AvgIpc) is 2.97. The molecule has 4 N–H and O–H groups in total. The Morgan fingerprint density at radius 1 is 0.628 bits per heavy atom. The molecule has 0 rings (SSSR count). The van der Waals surface area contributed by atoms with Gasteiger partial charge in [-0.1, -0.05) is 123 Å². The van der Waals surface area contributed by atoms with Crippen molar-refractivity contribution in [3.05, 3.63) is 0 Å². The van der Waals surface area contributed by atoms with Crippen molar-refractivity contribution < 1.29 is 47.5 Å². The van der Waals surface area contributed by atoms with Crippen molar-refractivity contribution >= 4 is 25.7 Å². The summed E-state index contributed by atoms with van der Waals surface area (Å²) < 4.78 is 32.3. The van der Waals surface area contributed by atoms with E-state index in [1.807, 2.05) is 0 Å². The van der Waals surface area contributed by atoms with E-state index < -0.39 is 51.1 Å². The van der Waals surface area contributed by atoms with Crippen molar-refractivity contribution in [1.82, 2.24) is 0 Å². The highest BCUT2D eigenvalue weighted by molar-refractivity contribution is 7.47. The maximum atomic E-state index is 12.4. The van der Waals surface area contributed by atoms with Gasteiger partial charge in [0.25, 0.3) is 0 Å². The summed E-state index contributed by atoms with van der Waals surface area (Å²) in [6, 6.07) is -1.51. The molecule has 0 aromatic carbocycles. The predicted octanol–water partition coefficient (Wildman–Crippen LogP) is 7.22. The molecular weight excluding hydrogens is 577 g/mol. The maximum Gasteiger partial charge on any atom is 0.472 e. The molecule has 0 heterocycles. The fourth-order valence-corrected chi connectivity index (χ4v) is 5.19. The lowest BCUT2D eigenvalue weighted by Gasteiger charge is -2.20. The number of phosphoric ester groups is 1. The summed E-state index contributed by atoms with van der Waals surface area (Å²) in [7, 11) is -4.69. The van der Waals surface area contributed by atoms with Crippen molar-refractivity contribution in [2.45, 2.75) is 161 Å². The van der Waals surface area contributed by atoms with Crippen LogP contribution in [0.5, 0.6) is 0 Å². The molecule has 1 unspecified atom stereocenters. The van der Waals surface area contributed by atoms with Crippen LogP contribution in [-0.2, 0) is 37.5 Å². The number of phosphoric acid groups is 1. The first-order valence-corrected chi connectivity index (χ1v) is 18.1. The van der Waals surface area contributed by atoms with Gasteiger partial charge in [0.15, 0.2) is 6.10 Å². The molecule has 0 amide bonds. The second kappa shape index (κ2) is 28.0. The molecule has 0 bridgehead atoms. The highest BCUT2D eigenvalue weighted by Crippen LogP contribution is 2.43. The minimum absolute atomic E-state index is 0.167. The Kier molecular flexibility index (Phi) is 27.0. The predicted molar refractivity (Wildman–Crippen MR) is 166 cm³/mol. The summed E-state index contributed by atoms with van der Waals surface area (Å²) in [6.45, 7) is 2.73. The first-order valence-electron chi connectivity index (χ1n) is 16.6. The number of aliphatic carboxylic acids is 1. The quantitative estimate of drug-likeness (QED) is 0.0398. The van der Waals surface area contributed by atoms with Gasteiger partial charge in [-0.2, -0.15) is 0 Å². The van der Waals surface area contributed by atoms with Crippen molar-refractivity contribution in [2.75, 3.05) is 19.8 Å². The van der Waals surface area contributed by atoms with E-state index in [4.69, 9.17) is 24.8 Å². The summed E-state index contributed by atoms with van der Waals surface area (Å²) in [5.41, 5.74) is 5.29. The van der Waals surface area contributed by atoms with E-state index in [1.54, 1.807) is 0 Å². The van der Waals surface area contributed by atoms with Crippen molar-refractivity contribution in [3.8, 4) is 0 Å². The normalized spacial score (nSPS) is 14.1. The van der Waals surface area contributed by atoms with E-state index in [0.717, 1.165) is 38.5 Å². The number of hydrogen-bond donors (Lipinski definition) is 3. The van der Waals surface area contributed by atoms with E-state index in [2.05, 4.69) is 18.4 Å². The molecule has 0 aliphatic carbocycles. The molecule has 3 atom stereocenters. The maximum absolute atomic E-state index is 12.4. The number of unbranched alkanes of at least 4 members (excludes halogenated alkanes) is 17. The number of carboxylic acids is 1. The molecule has 0 fully saturated rings. The Balaban J connectivity index is 4.52. The third kappa shape index (κ3) is 27.7. The molecule has 0 radical (unpaired) electrons. The third-order valence-electron chi connectivity index (χ3n) is 7.11. The number of nitrogens with two attached hydrogens (primary N) is 1. The Labute approximate surface area is 259 Å². The number of ether oxygens (including phenoxy) is 2. The number of carboxylic acid groups (broad SMARTS) is 1. The summed E-state index contributed by atoms with van der Waals surface area (Å²) in [4.78, 5) is 45.4. The number of rotatable bonds is 31. The lowest BCUT2D eigenvalue weighted by atomic mass is 10.1. The average molecular weight is 638 g/mol. The van der Waals surface area contributed by atoms with Gasteiger partial charge in [-0.25, -0.2) is 4.57 Å². The second-order valence-corrected chi connectivity index (χ2v) is 12.8. The SMILES string of the molecule is CCCCCCCCCCCCC(=O)O[C@H](COC(=O)CCCCCCCCCCC)COP(=O)(O)OC[C@H](N)C(=O)O. The molecule has 43 heavy (non-hydrogen) atoms. The van der Waals surface area contributed by atoms with Gasteiger partial charge in [0.05, 0.1) is 13.2 Å². The van der Waals surface area contributed by atoms with Crippen molar-refractivity contribution in [2.24, 2.45) is 5.73 Å². The first kappa shape index (κ1) is 41.5. The highest BCUT2D eigenvalue weighted by Gasteiger charge is 2.28. The smallest absolute Gasteiger partial charge is 0.472 e. The topological polar surface area (TPSA) is 172 Å². The molecule has 254 valence electrons. The van der Waals surface area contributed by atoms with Crippen LogP contribution in [0.2, 0.25) is 0 Å². The van der Waals surface area contributed by atoms with E-state index in [9.17, 15) is 23.8 Å². The zero-order valence-electron chi connectivity index (χ0n) is 26.8. The molecule has 0 spiro atoms. The molecule has 0 saturated carbocycles. The second-order valence-electron chi connectivity index (χ2n) is 11.3. The number of hydrogen-bond acceptors (Lipinski definition) is 9. The highest BCUT2D eigenvalue weighted by atomic mass is 31.2. The van der Waals surface area contributed by atoms with Crippen LogP contribution in [0.1, 0.15) is 149 Å². The Morgan fingerprint density at radius 3 is 1.47 bits per heavy atom. The lowest BCUT2D eigenvalue weighted by Crippen LogP contribution is -2.34. The first-order chi connectivity index (χ1) is 20.6. The molecule has 0 aromatic rings. The van der Waals surface area contributed by atoms with Crippen molar-refractivity contribution in [3.63, 3.8) is 0 Å². The zero-order chi connectivity index (χ0) is 32.2. The Morgan fingerprint density at radius 2 is 1.02 bits per heavy atom. The van der Waals surface area contributed by atoms with Gasteiger partial charge in [-0.05, 0) is 12.8 Å². The lowest BCUT2D eigenvalue weighted by molar-refractivity contribution is -0.161. The van der Waals surface area contributed by atoms with Gasteiger partial charge in [0.1, 0.15) is 12.6 Å². The van der Waals surface area contributed by atoms with Crippen LogP contribution in [0.3, 0.4) is 0 Å². The molecule has 0 saturated heterocycles. The van der Waals surface area contributed by atoms with Crippen LogP contribution < -0.4 is 5.73 Å². The fourth-order valence-electron chi connectivity index (χ4n) is 4.42. The largest absolute Gasteiger partial charge is 0.480 e. The minimum atomic E-state index is -4.69. The van der Waals surface area contributed by atoms with E-state index >= 15 is 0 Å². The van der Waals surface area contributed by atoms with E-state index in [-0.39, 0.29) is 19.4 Å². The van der Waals surface area contributed by atoms with Gasteiger partial charge < -0.3 is 25.2 Å². The number of carbonyl (C=O) groups excluding carboxylic acids is 2. The summed E-state index contributed by atoms with van der Waals surface area (Å²) in [5.74, 6) is -2.38. The Hall–Kier alpha value is -1.52. The van der Waals surface area contributed by atoms with E-state index in [0.29, 0.717) is 12.8 Å². The summed E-state index contributed by atoms with van der Waals surface area (Å²) >= 11 is 0. The van der Waals surface area contributed by atoms with Crippen LogP contribution >= 0.6 is 7.82 Å². The van der Waals surface area contributed by atoms with Gasteiger partial charge in [0, 0.05) is 12.8 Å². The van der Waals surface area contributed by atoms with Gasteiger partial charge >= 0.3 is 25.7 Å². The molecule has 0 aliphatic rings.